The van der Waals surface area contributed by atoms with Gasteiger partial charge in [0.05, 0.1) is 4.90 Å². The number of sulfone groups is 1. The first kappa shape index (κ1) is 24.1. The van der Waals surface area contributed by atoms with Gasteiger partial charge in [-0.25, -0.2) is 8.42 Å². The highest BCUT2D eigenvalue weighted by Crippen LogP contribution is 2.37. The number of piperidine rings is 1. The molecular weight excluding hydrogens is 548 g/mol. The summed E-state index contributed by atoms with van der Waals surface area (Å²) in [7, 11) is -3.91. The smallest absolute Gasteiger partial charge is 0.236 e. The van der Waals surface area contributed by atoms with Crippen molar-refractivity contribution in [2.75, 3.05) is 18.0 Å². The van der Waals surface area contributed by atoms with Gasteiger partial charge >= 0.3 is 0 Å². The Morgan fingerprint density at radius 3 is 2.26 bits per heavy atom. The molecule has 0 atom stereocenters. The number of anilines is 1. The Kier molecular flexibility index (Phi) is 7.00. The Morgan fingerprint density at radius 1 is 0.943 bits per heavy atom. The molecule has 1 aliphatic rings. The fourth-order valence-corrected chi connectivity index (χ4v) is 6.11. The van der Waals surface area contributed by atoms with E-state index in [0.717, 1.165) is 23.7 Å². The molecule has 5 nitrogen and oxygen atoms in total. The van der Waals surface area contributed by atoms with Crippen molar-refractivity contribution in [3.05, 3.63) is 93.9 Å². The third kappa shape index (κ3) is 5.32. The summed E-state index contributed by atoms with van der Waals surface area (Å²) in [5.74, 6) is 1.13. The van der Waals surface area contributed by atoms with Crippen molar-refractivity contribution >= 4 is 43.3 Å². The van der Waals surface area contributed by atoms with E-state index in [9.17, 15) is 8.42 Å². The largest absolute Gasteiger partial charge is 0.419 e. The van der Waals surface area contributed by atoms with Crippen LogP contribution >= 0.6 is 27.5 Å². The maximum absolute atomic E-state index is 13.6. The molecule has 0 radical (unpaired) electrons. The highest BCUT2D eigenvalue weighted by molar-refractivity contribution is 9.10. The van der Waals surface area contributed by atoms with E-state index in [2.05, 4.69) is 45.2 Å². The normalized spacial score (nSPS) is 14.9. The van der Waals surface area contributed by atoms with E-state index in [1.807, 2.05) is 35.2 Å². The van der Waals surface area contributed by atoms with E-state index in [0.29, 0.717) is 35.5 Å². The first-order valence-corrected chi connectivity index (χ1v) is 14.1. The summed E-state index contributed by atoms with van der Waals surface area (Å²) >= 11 is 9.42. The maximum atomic E-state index is 13.6. The Balaban J connectivity index is 1.46. The molecule has 1 saturated heterocycles. The quantitative estimate of drug-likeness (QED) is 0.248. The van der Waals surface area contributed by atoms with Gasteiger partial charge in [0.25, 0.3) is 0 Å². The summed E-state index contributed by atoms with van der Waals surface area (Å²) in [4.78, 5) is 6.65. The summed E-state index contributed by atoms with van der Waals surface area (Å²) in [6.07, 6.45) is 2.92. The fraction of sp³-hybridized carbons (Fsp3) is 0.222. The number of benzene rings is 3. The molecule has 8 heteroatoms. The minimum absolute atomic E-state index is 0.0562. The van der Waals surface area contributed by atoms with Gasteiger partial charge in [0.1, 0.15) is 0 Å². The van der Waals surface area contributed by atoms with Gasteiger partial charge in [0.15, 0.2) is 0 Å². The summed E-state index contributed by atoms with van der Waals surface area (Å²) < 4.78 is 34.3. The summed E-state index contributed by atoms with van der Waals surface area (Å²) in [6, 6.07) is 24.1. The van der Waals surface area contributed by atoms with Crippen molar-refractivity contribution in [2.45, 2.75) is 29.2 Å². The Labute approximate surface area is 218 Å². The summed E-state index contributed by atoms with van der Waals surface area (Å²) in [6.45, 7) is 1.41. The van der Waals surface area contributed by atoms with E-state index in [-0.39, 0.29) is 15.8 Å². The molecular formula is C27H24BrClN2O3S. The monoisotopic (exact) mass is 570 g/mol. The molecule has 5 rings (SSSR count). The Hall–Kier alpha value is -2.61. The highest BCUT2D eigenvalue weighted by atomic mass is 79.9. The molecule has 0 aliphatic carbocycles. The first-order chi connectivity index (χ1) is 16.9. The number of aromatic nitrogens is 1. The molecule has 0 N–H and O–H groups in total. The van der Waals surface area contributed by atoms with Crippen LogP contribution in [0.25, 0.3) is 11.5 Å². The van der Waals surface area contributed by atoms with Crippen molar-refractivity contribution in [1.29, 1.82) is 0 Å². The molecule has 0 spiro atoms. The average Bonchev–Trinajstić information content (AvgIpc) is 3.32. The van der Waals surface area contributed by atoms with Crippen LogP contribution in [-0.2, 0) is 16.3 Å². The van der Waals surface area contributed by atoms with E-state index in [1.165, 1.54) is 17.7 Å². The number of hydrogen-bond acceptors (Lipinski definition) is 5. The van der Waals surface area contributed by atoms with E-state index < -0.39 is 9.84 Å². The van der Waals surface area contributed by atoms with Gasteiger partial charge in [-0.3, -0.25) is 0 Å². The predicted octanol–water partition coefficient (Wildman–Crippen LogP) is 7.05. The van der Waals surface area contributed by atoms with Crippen LogP contribution in [0.5, 0.6) is 0 Å². The number of hydrogen-bond donors (Lipinski definition) is 0. The van der Waals surface area contributed by atoms with Gasteiger partial charge in [-0.15, -0.1) is 0 Å². The molecule has 1 aliphatic heterocycles. The molecule has 0 bridgehead atoms. The molecule has 2 heterocycles. The van der Waals surface area contributed by atoms with Crippen LogP contribution in [0, 0.1) is 5.92 Å². The third-order valence-electron chi connectivity index (χ3n) is 6.32. The van der Waals surface area contributed by atoms with Crippen LogP contribution in [0.3, 0.4) is 0 Å². The average molecular weight is 572 g/mol. The van der Waals surface area contributed by atoms with Gasteiger partial charge in [-0.2, -0.15) is 4.98 Å². The standard InChI is InChI=1S/C27H24BrClN2O3S/c28-22-8-6-21(7-9-22)25-30-26(35(32,33)24-12-10-23(29)11-13-24)27(34-25)31-16-14-20(15-17-31)18-19-4-2-1-3-5-19/h1-13,20H,14-18H2. The lowest BCUT2D eigenvalue weighted by Crippen LogP contribution is -2.34. The van der Waals surface area contributed by atoms with Crippen molar-refractivity contribution in [3.8, 4) is 11.5 Å². The molecule has 3 aromatic carbocycles. The van der Waals surface area contributed by atoms with Crippen LogP contribution in [0.1, 0.15) is 18.4 Å². The zero-order valence-corrected chi connectivity index (χ0v) is 22.1. The van der Waals surface area contributed by atoms with Crippen LogP contribution in [0.15, 0.2) is 97.7 Å². The van der Waals surface area contributed by atoms with E-state index >= 15 is 0 Å². The SMILES string of the molecule is O=S(=O)(c1ccc(Cl)cc1)c1nc(-c2ccc(Br)cc2)oc1N1CCC(Cc2ccccc2)CC1. The van der Waals surface area contributed by atoms with Crippen molar-refractivity contribution in [1.82, 2.24) is 4.98 Å². The van der Waals surface area contributed by atoms with E-state index in [1.54, 1.807) is 12.1 Å². The maximum Gasteiger partial charge on any atom is 0.236 e. The molecule has 180 valence electrons. The van der Waals surface area contributed by atoms with Gasteiger partial charge in [0.2, 0.25) is 26.6 Å². The fourth-order valence-electron chi connectivity index (χ4n) is 4.40. The minimum Gasteiger partial charge on any atom is -0.419 e. The molecule has 4 aromatic rings. The second kappa shape index (κ2) is 10.2. The zero-order valence-electron chi connectivity index (χ0n) is 18.9. The summed E-state index contributed by atoms with van der Waals surface area (Å²) in [5, 5.41) is 0.416. The number of oxazole rings is 1. The number of nitrogens with zero attached hydrogens (tertiary/aromatic N) is 2. The van der Waals surface area contributed by atoms with Gasteiger partial charge in [-0.05, 0) is 79.3 Å². The molecule has 0 saturated carbocycles. The number of rotatable bonds is 6. The van der Waals surface area contributed by atoms with Crippen LogP contribution in [-0.4, -0.2) is 26.5 Å². The van der Waals surface area contributed by atoms with Gasteiger partial charge in [-0.1, -0.05) is 57.9 Å². The van der Waals surface area contributed by atoms with Crippen LogP contribution < -0.4 is 4.90 Å². The first-order valence-electron chi connectivity index (χ1n) is 11.5. The van der Waals surface area contributed by atoms with Gasteiger partial charge < -0.3 is 9.32 Å². The van der Waals surface area contributed by atoms with Gasteiger partial charge in [0, 0.05) is 28.1 Å². The molecule has 0 amide bonds. The molecule has 0 unspecified atom stereocenters. The summed E-state index contributed by atoms with van der Waals surface area (Å²) in [5.41, 5.74) is 2.04. The van der Waals surface area contributed by atoms with Crippen molar-refractivity contribution in [2.24, 2.45) is 5.92 Å². The third-order valence-corrected chi connectivity index (χ3v) is 8.77. The van der Waals surface area contributed by atoms with Crippen LogP contribution in [0.2, 0.25) is 5.02 Å². The topological polar surface area (TPSA) is 63.4 Å². The highest BCUT2D eigenvalue weighted by Gasteiger charge is 2.33. The van der Waals surface area contributed by atoms with Crippen molar-refractivity contribution in [3.63, 3.8) is 0 Å². The van der Waals surface area contributed by atoms with Crippen molar-refractivity contribution < 1.29 is 12.8 Å². The van der Waals surface area contributed by atoms with E-state index in [4.69, 9.17) is 16.0 Å². The lowest BCUT2D eigenvalue weighted by atomic mass is 9.90. The second-order valence-electron chi connectivity index (χ2n) is 8.71. The molecule has 35 heavy (non-hydrogen) atoms. The zero-order chi connectivity index (χ0) is 24.4. The lowest BCUT2D eigenvalue weighted by Gasteiger charge is -2.32. The molecule has 1 fully saturated rings. The molecule has 1 aromatic heterocycles. The second-order valence-corrected chi connectivity index (χ2v) is 11.9. The lowest BCUT2D eigenvalue weighted by molar-refractivity contribution is 0.387. The number of halogens is 2. The predicted molar refractivity (Wildman–Crippen MR) is 142 cm³/mol. The van der Waals surface area contributed by atoms with Crippen LogP contribution in [0.4, 0.5) is 5.88 Å². The minimum atomic E-state index is -3.91. The Morgan fingerprint density at radius 2 is 1.60 bits per heavy atom. The Bertz CT molecular complexity index is 1400.